The Bertz CT molecular complexity index is 358. The second-order valence-electron chi connectivity index (χ2n) is 5.65. The molecule has 4 heteroatoms. The number of nitrogens with one attached hydrogen (secondary N) is 1. The number of nitrogens with zero attached hydrogens (tertiary/aromatic N) is 3. The first-order valence-electron chi connectivity index (χ1n) is 7.07. The number of aryl methyl sites for hydroxylation is 1. The molecule has 1 aromatic heterocycles. The maximum atomic E-state index is 4.34. The van der Waals surface area contributed by atoms with Crippen LogP contribution in [0.1, 0.15) is 26.1 Å². The first kappa shape index (κ1) is 13.6. The van der Waals surface area contributed by atoms with E-state index in [1.54, 1.807) is 0 Å². The summed E-state index contributed by atoms with van der Waals surface area (Å²) in [6, 6.07) is 0.697. The van der Waals surface area contributed by atoms with Crippen LogP contribution in [0, 0.1) is 5.92 Å². The highest BCUT2D eigenvalue weighted by atomic mass is 15.2. The van der Waals surface area contributed by atoms with Crippen molar-refractivity contribution in [3.05, 3.63) is 18.2 Å². The molecule has 0 spiro atoms. The smallest absolute Gasteiger partial charge is 0.109 e. The van der Waals surface area contributed by atoms with E-state index in [-0.39, 0.29) is 0 Å². The van der Waals surface area contributed by atoms with Gasteiger partial charge in [0, 0.05) is 45.0 Å². The van der Waals surface area contributed by atoms with Crippen LogP contribution >= 0.6 is 0 Å². The monoisotopic (exact) mass is 250 g/mol. The molecule has 1 N–H and O–H groups in total. The molecule has 1 fully saturated rings. The third-order valence-electron chi connectivity index (χ3n) is 3.93. The molecule has 1 aromatic rings. The average molecular weight is 250 g/mol. The van der Waals surface area contributed by atoms with E-state index < -0.39 is 0 Å². The van der Waals surface area contributed by atoms with Crippen LogP contribution in [0.3, 0.4) is 0 Å². The minimum Gasteiger partial charge on any atom is -0.338 e. The summed E-state index contributed by atoms with van der Waals surface area (Å²) in [4.78, 5) is 6.91. The molecule has 0 amide bonds. The van der Waals surface area contributed by atoms with Gasteiger partial charge in [-0.05, 0) is 39.3 Å². The standard InChI is InChI=1S/C14H26N4/c1-12(2)18-8-5-13(11-18)10-15-6-4-14-16-7-9-17(14)3/h7,9,12-13,15H,4-6,8,10-11H2,1-3H3. The van der Waals surface area contributed by atoms with Crippen LogP contribution in [0.2, 0.25) is 0 Å². The van der Waals surface area contributed by atoms with E-state index in [4.69, 9.17) is 0 Å². The summed E-state index contributed by atoms with van der Waals surface area (Å²) in [5.41, 5.74) is 0. The zero-order valence-electron chi connectivity index (χ0n) is 11.9. The predicted molar refractivity (Wildman–Crippen MR) is 74.6 cm³/mol. The minimum atomic E-state index is 0.697. The van der Waals surface area contributed by atoms with E-state index >= 15 is 0 Å². The van der Waals surface area contributed by atoms with Crippen LogP contribution < -0.4 is 5.32 Å². The molecule has 18 heavy (non-hydrogen) atoms. The molecule has 0 aliphatic carbocycles. The molecule has 4 nitrogen and oxygen atoms in total. The summed E-state index contributed by atoms with van der Waals surface area (Å²) in [5, 5.41) is 3.57. The van der Waals surface area contributed by atoms with Gasteiger partial charge in [0.05, 0.1) is 0 Å². The fourth-order valence-electron chi connectivity index (χ4n) is 2.64. The van der Waals surface area contributed by atoms with Crippen molar-refractivity contribution >= 4 is 0 Å². The van der Waals surface area contributed by atoms with Crippen molar-refractivity contribution in [1.82, 2.24) is 19.8 Å². The van der Waals surface area contributed by atoms with E-state index in [1.807, 2.05) is 12.4 Å². The summed E-state index contributed by atoms with van der Waals surface area (Å²) in [6.45, 7) is 9.28. The largest absolute Gasteiger partial charge is 0.338 e. The molecule has 0 radical (unpaired) electrons. The minimum absolute atomic E-state index is 0.697. The van der Waals surface area contributed by atoms with Gasteiger partial charge < -0.3 is 14.8 Å². The number of rotatable bonds is 6. The normalized spacial score (nSPS) is 21.0. The molecule has 0 bridgehead atoms. The number of imidazole rings is 1. The first-order valence-corrected chi connectivity index (χ1v) is 7.07. The highest BCUT2D eigenvalue weighted by molar-refractivity contribution is 4.91. The molecule has 0 aromatic carbocycles. The van der Waals surface area contributed by atoms with Gasteiger partial charge in [0.15, 0.2) is 0 Å². The quantitative estimate of drug-likeness (QED) is 0.772. The molecule has 2 rings (SSSR count). The van der Waals surface area contributed by atoms with Crippen LogP contribution in [0.4, 0.5) is 0 Å². The van der Waals surface area contributed by atoms with Crippen LogP contribution in [-0.4, -0.2) is 46.7 Å². The Balaban J connectivity index is 1.61. The zero-order valence-corrected chi connectivity index (χ0v) is 11.9. The maximum Gasteiger partial charge on any atom is 0.109 e. The lowest BCUT2D eigenvalue weighted by atomic mass is 10.1. The van der Waals surface area contributed by atoms with Gasteiger partial charge in [0.2, 0.25) is 0 Å². The SMILES string of the molecule is CC(C)N1CCC(CNCCc2nccn2C)C1. The van der Waals surface area contributed by atoms with Gasteiger partial charge in [-0.3, -0.25) is 0 Å². The molecule has 0 saturated carbocycles. The summed E-state index contributed by atoms with van der Waals surface area (Å²) >= 11 is 0. The van der Waals surface area contributed by atoms with Crippen molar-refractivity contribution in [2.24, 2.45) is 13.0 Å². The number of aromatic nitrogens is 2. The Labute approximate surface area is 110 Å². The summed E-state index contributed by atoms with van der Waals surface area (Å²) in [5.74, 6) is 1.99. The van der Waals surface area contributed by atoms with Crippen LogP contribution in [0.25, 0.3) is 0 Å². The average Bonchev–Trinajstić information content (AvgIpc) is 2.94. The third kappa shape index (κ3) is 3.56. The Morgan fingerprint density at radius 1 is 1.50 bits per heavy atom. The van der Waals surface area contributed by atoms with Gasteiger partial charge in [-0.15, -0.1) is 0 Å². The van der Waals surface area contributed by atoms with E-state index in [0.717, 1.165) is 31.3 Å². The highest BCUT2D eigenvalue weighted by Gasteiger charge is 2.23. The summed E-state index contributed by atoms with van der Waals surface area (Å²) in [6.07, 6.45) is 6.23. The molecule has 1 aliphatic rings. The summed E-state index contributed by atoms with van der Waals surface area (Å²) in [7, 11) is 2.06. The maximum absolute atomic E-state index is 4.34. The number of hydrogen-bond acceptors (Lipinski definition) is 3. The molecule has 1 aliphatic heterocycles. The predicted octanol–water partition coefficient (Wildman–Crippen LogP) is 1.28. The molecular formula is C14H26N4. The Morgan fingerprint density at radius 2 is 2.33 bits per heavy atom. The van der Waals surface area contributed by atoms with Crippen LogP contribution in [0.15, 0.2) is 12.4 Å². The van der Waals surface area contributed by atoms with E-state index in [2.05, 4.69) is 40.7 Å². The Morgan fingerprint density at radius 3 is 2.94 bits per heavy atom. The van der Waals surface area contributed by atoms with Crippen molar-refractivity contribution in [3.8, 4) is 0 Å². The molecule has 102 valence electrons. The lowest BCUT2D eigenvalue weighted by molar-refractivity contribution is 0.264. The lowest BCUT2D eigenvalue weighted by Crippen LogP contribution is -2.31. The van der Waals surface area contributed by atoms with E-state index in [0.29, 0.717) is 6.04 Å². The fraction of sp³-hybridized carbons (Fsp3) is 0.786. The van der Waals surface area contributed by atoms with Gasteiger partial charge >= 0.3 is 0 Å². The topological polar surface area (TPSA) is 33.1 Å². The molecule has 1 unspecified atom stereocenters. The van der Waals surface area contributed by atoms with Gasteiger partial charge in [0.1, 0.15) is 5.82 Å². The second kappa shape index (κ2) is 6.34. The Hall–Kier alpha value is -0.870. The van der Waals surface area contributed by atoms with Crippen molar-refractivity contribution in [1.29, 1.82) is 0 Å². The van der Waals surface area contributed by atoms with Gasteiger partial charge in [-0.25, -0.2) is 4.98 Å². The molecule has 1 atom stereocenters. The Kier molecular flexibility index (Phi) is 4.78. The van der Waals surface area contributed by atoms with E-state index in [9.17, 15) is 0 Å². The van der Waals surface area contributed by atoms with Crippen molar-refractivity contribution < 1.29 is 0 Å². The zero-order chi connectivity index (χ0) is 13.0. The first-order chi connectivity index (χ1) is 8.66. The molecule has 1 saturated heterocycles. The fourth-order valence-corrected chi connectivity index (χ4v) is 2.64. The van der Waals surface area contributed by atoms with Crippen molar-refractivity contribution in [2.45, 2.75) is 32.7 Å². The third-order valence-corrected chi connectivity index (χ3v) is 3.93. The van der Waals surface area contributed by atoms with Crippen molar-refractivity contribution in [3.63, 3.8) is 0 Å². The van der Waals surface area contributed by atoms with Crippen LogP contribution in [-0.2, 0) is 13.5 Å². The molecular weight excluding hydrogens is 224 g/mol. The lowest BCUT2D eigenvalue weighted by Gasteiger charge is -2.20. The summed E-state index contributed by atoms with van der Waals surface area (Å²) < 4.78 is 2.09. The van der Waals surface area contributed by atoms with Gasteiger partial charge in [0.25, 0.3) is 0 Å². The van der Waals surface area contributed by atoms with Gasteiger partial charge in [-0.2, -0.15) is 0 Å². The number of hydrogen-bond donors (Lipinski definition) is 1. The van der Waals surface area contributed by atoms with Crippen LogP contribution in [0.5, 0.6) is 0 Å². The number of likely N-dealkylation sites (tertiary alicyclic amines) is 1. The second-order valence-corrected chi connectivity index (χ2v) is 5.65. The van der Waals surface area contributed by atoms with E-state index in [1.165, 1.54) is 19.5 Å². The van der Waals surface area contributed by atoms with Crippen molar-refractivity contribution in [2.75, 3.05) is 26.2 Å². The molecule has 2 heterocycles. The van der Waals surface area contributed by atoms with Gasteiger partial charge in [-0.1, -0.05) is 0 Å². The highest BCUT2D eigenvalue weighted by Crippen LogP contribution is 2.17.